The van der Waals surface area contributed by atoms with Crippen molar-refractivity contribution in [2.24, 2.45) is 7.05 Å². The molecule has 5 nitrogen and oxygen atoms in total. The molecule has 0 unspecified atom stereocenters. The van der Waals surface area contributed by atoms with Gasteiger partial charge in [-0.05, 0) is 24.3 Å². The average molecular weight is 296 g/mol. The Bertz CT molecular complexity index is 747. The van der Waals surface area contributed by atoms with E-state index in [0.29, 0.717) is 16.9 Å². The summed E-state index contributed by atoms with van der Waals surface area (Å²) in [5.41, 5.74) is 2.49. The third kappa shape index (κ3) is 3.01. The van der Waals surface area contributed by atoms with E-state index in [-0.39, 0.29) is 11.3 Å². The summed E-state index contributed by atoms with van der Waals surface area (Å²) in [4.78, 5) is 14.2. The number of nitriles is 1. The van der Waals surface area contributed by atoms with Crippen molar-refractivity contribution in [3.8, 4) is 6.07 Å². The van der Waals surface area contributed by atoms with Gasteiger partial charge < -0.3 is 4.90 Å². The van der Waals surface area contributed by atoms with Crippen molar-refractivity contribution >= 4 is 11.6 Å². The molecule has 5 heteroatoms. The Balaban J connectivity index is 2.35. The van der Waals surface area contributed by atoms with E-state index in [1.807, 2.05) is 6.07 Å². The molecule has 0 aliphatic rings. The maximum Gasteiger partial charge on any atom is 0.276 e. The van der Waals surface area contributed by atoms with Crippen LogP contribution >= 0.6 is 0 Å². The monoisotopic (exact) mass is 296 g/mol. The van der Waals surface area contributed by atoms with E-state index < -0.39 is 0 Å². The van der Waals surface area contributed by atoms with Crippen LogP contribution in [0, 0.1) is 11.3 Å². The molecule has 0 aliphatic carbocycles. The molecule has 0 bridgehead atoms. The van der Waals surface area contributed by atoms with Crippen LogP contribution in [0.1, 0.15) is 42.5 Å². The predicted octanol–water partition coefficient (Wildman–Crippen LogP) is 2.87. The lowest BCUT2D eigenvalue weighted by Crippen LogP contribution is -2.28. The number of anilines is 1. The second-order valence-corrected chi connectivity index (χ2v) is 6.31. The van der Waals surface area contributed by atoms with Crippen molar-refractivity contribution < 1.29 is 4.79 Å². The zero-order chi connectivity index (χ0) is 16.5. The number of carbonyl (C=O) groups is 1. The molecule has 0 fully saturated rings. The van der Waals surface area contributed by atoms with E-state index in [1.165, 1.54) is 4.90 Å². The Hall–Kier alpha value is -2.61. The topological polar surface area (TPSA) is 61.9 Å². The first kappa shape index (κ1) is 15.8. The van der Waals surface area contributed by atoms with Crippen LogP contribution in [-0.4, -0.2) is 22.7 Å². The molecule has 1 aromatic carbocycles. The summed E-state index contributed by atoms with van der Waals surface area (Å²) in [6.45, 7) is 6.18. The third-order valence-corrected chi connectivity index (χ3v) is 3.53. The van der Waals surface area contributed by atoms with Gasteiger partial charge in [0.1, 0.15) is 5.69 Å². The van der Waals surface area contributed by atoms with Gasteiger partial charge in [0.25, 0.3) is 5.91 Å². The summed E-state index contributed by atoms with van der Waals surface area (Å²) < 4.78 is 1.60. The van der Waals surface area contributed by atoms with Gasteiger partial charge in [-0.3, -0.25) is 9.48 Å². The SMILES string of the molecule is CN(C(=O)c1cc(C(C)(C)C)nn1C)c1cccc(C#N)c1. The summed E-state index contributed by atoms with van der Waals surface area (Å²) >= 11 is 0. The minimum Gasteiger partial charge on any atom is -0.310 e. The van der Waals surface area contributed by atoms with E-state index in [0.717, 1.165) is 5.69 Å². The van der Waals surface area contributed by atoms with Crippen molar-refractivity contribution in [2.45, 2.75) is 26.2 Å². The largest absolute Gasteiger partial charge is 0.310 e. The molecule has 0 N–H and O–H groups in total. The van der Waals surface area contributed by atoms with Gasteiger partial charge in [0, 0.05) is 25.2 Å². The van der Waals surface area contributed by atoms with Crippen LogP contribution in [0.15, 0.2) is 30.3 Å². The minimum absolute atomic E-state index is 0.115. The summed E-state index contributed by atoms with van der Waals surface area (Å²) in [6.07, 6.45) is 0. The Morgan fingerprint density at radius 1 is 1.32 bits per heavy atom. The van der Waals surface area contributed by atoms with Gasteiger partial charge >= 0.3 is 0 Å². The molecule has 0 radical (unpaired) electrons. The molecule has 2 aromatic rings. The van der Waals surface area contributed by atoms with E-state index >= 15 is 0 Å². The maximum absolute atomic E-state index is 12.7. The van der Waals surface area contributed by atoms with Gasteiger partial charge in [-0.1, -0.05) is 26.8 Å². The van der Waals surface area contributed by atoms with Crippen LogP contribution in [0.3, 0.4) is 0 Å². The number of aryl methyl sites for hydroxylation is 1. The molecule has 114 valence electrons. The predicted molar refractivity (Wildman–Crippen MR) is 85.8 cm³/mol. The highest BCUT2D eigenvalue weighted by Gasteiger charge is 2.23. The zero-order valence-corrected chi connectivity index (χ0v) is 13.6. The average Bonchev–Trinajstić information content (AvgIpc) is 2.88. The molecule has 1 amide bonds. The molecular formula is C17H20N4O. The van der Waals surface area contributed by atoms with Crippen LogP contribution in [-0.2, 0) is 12.5 Å². The van der Waals surface area contributed by atoms with Crippen molar-refractivity contribution in [3.05, 3.63) is 47.3 Å². The quantitative estimate of drug-likeness (QED) is 0.856. The normalized spacial score (nSPS) is 11.1. The van der Waals surface area contributed by atoms with Crippen LogP contribution in [0.4, 0.5) is 5.69 Å². The number of hydrogen-bond acceptors (Lipinski definition) is 3. The number of aromatic nitrogens is 2. The lowest BCUT2D eigenvalue weighted by molar-refractivity contribution is 0.0984. The fraction of sp³-hybridized carbons (Fsp3) is 0.353. The van der Waals surface area contributed by atoms with Crippen molar-refractivity contribution in [2.75, 3.05) is 11.9 Å². The van der Waals surface area contributed by atoms with Crippen LogP contribution in [0.2, 0.25) is 0 Å². The number of benzene rings is 1. The maximum atomic E-state index is 12.7. The van der Waals surface area contributed by atoms with Gasteiger partial charge in [0.2, 0.25) is 0 Å². The van der Waals surface area contributed by atoms with E-state index in [2.05, 4.69) is 31.9 Å². The summed E-state index contributed by atoms with van der Waals surface area (Å²) in [5, 5.41) is 13.4. The highest BCUT2D eigenvalue weighted by molar-refractivity contribution is 6.04. The minimum atomic E-state index is -0.152. The highest BCUT2D eigenvalue weighted by Crippen LogP contribution is 2.23. The third-order valence-electron chi connectivity index (χ3n) is 3.53. The number of amides is 1. The first-order valence-electron chi connectivity index (χ1n) is 7.07. The zero-order valence-electron chi connectivity index (χ0n) is 13.6. The number of hydrogen-bond donors (Lipinski definition) is 0. The molecule has 0 saturated heterocycles. The summed E-state index contributed by atoms with van der Waals surface area (Å²) in [7, 11) is 3.46. The van der Waals surface area contributed by atoms with Gasteiger partial charge in [0.05, 0.1) is 17.3 Å². The Labute approximate surface area is 130 Å². The first-order chi connectivity index (χ1) is 10.2. The highest BCUT2D eigenvalue weighted by atomic mass is 16.2. The van der Waals surface area contributed by atoms with E-state index in [4.69, 9.17) is 5.26 Å². The molecule has 0 spiro atoms. The van der Waals surface area contributed by atoms with Crippen LogP contribution < -0.4 is 4.90 Å². The Kier molecular flexibility index (Phi) is 4.05. The van der Waals surface area contributed by atoms with Gasteiger partial charge in [-0.2, -0.15) is 10.4 Å². The summed E-state index contributed by atoms with van der Waals surface area (Å²) in [6, 6.07) is 10.9. The van der Waals surface area contributed by atoms with Gasteiger partial charge in [-0.25, -0.2) is 0 Å². The second kappa shape index (κ2) is 5.64. The fourth-order valence-corrected chi connectivity index (χ4v) is 2.11. The van der Waals surface area contributed by atoms with Crippen LogP contribution in [0.5, 0.6) is 0 Å². The molecule has 1 heterocycles. The number of nitrogens with zero attached hydrogens (tertiary/aromatic N) is 4. The Morgan fingerprint density at radius 2 is 2.00 bits per heavy atom. The first-order valence-corrected chi connectivity index (χ1v) is 7.07. The van der Waals surface area contributed by atoms with Gasteiger partial charge in [0.15, 0.2) is 0 Å². The van der Waals surface area contributed by atoms with Crippen LogP contribution in [0.25, 0.3) is 0 Å². The summed E-state index contributed by atoms with van der Waals surface area (Å²) in [5.74, 6) is -0.152. The molecular weight excluding hydrogens is 276 g/mol. The molecule has 2 rings (SSSR count). The van der Waals surface area contributed by atoms with Gasteiger partial charge in [-0.15, -0.1) is 0 Å². The standard InChI is InChI=1S/C17H20N4O/c1-17(2,3)15-10-14(21(5)19-15)16(22)20(4)13-8-6-7-12(9-13)11-18/h6-10H,1-5H3. The molecule has 22 heavy (non-hydrogen) atoms. The second-order valence-electron chi connectivity index (χ2n) is 6.31. The number of rotatable bonds is 2. The lowest BCUT2D eigenvalue weighted by Gasteiger charge is -2.17. The fourth-order valence-electron chi connectivity index (χ4n) is 2.11. The smallest absolute Gasteiger partial charge is 0.276 e. The lowest BCUT2D eigenvalue weighted by atomic mass is 9.92. The molecule has 0 saturated carbocycles. The molecule has 0 aliphatic heterocycles. The van der Waals surface area contributed by atoms with E-state index in [9.17, 15) is 4.79 Å². The van der Waals surface area contributed by atoms with Crippen molar-refractivity contribution in [3.63, 3.8) is 0 Å². The molecule has 1 aromatic heterocycles. The van der Waals surface area contributed by atoms with E-state index in [1.54, 1.807) is 43.0 Å². The van der Waals surface area contributed by atoms with Crippen molar-refractivity contribution in [1.82, 2.24) is 9.78 Å². The Morgan fingerprint density at radius 3 is 2.55 bits per heavy atom. The number of carbonyl (C=O) groups excluding carboxylic acids is 1. The van der Waals surface area contributed by atoms with Crippen molar-refractivity contribution in [1.29, 1.82) is 5.26 Å². The molecule has 0 atom stereocenters.